The van der Waals surface area contributed by atoms with Crippen LogP contribution in [0.15, 0.2) is 77.3 Å². The molecule has 0 aliphatic carbocycles. The van der Waals surface area contributed by atoms with E-state index in [2.05, 4.69) is 21.2 Å². The number of aliphatic hydroxyl groups excluding tert-OH is 1. The number of anilines is 1. The summed E-state index contributed by atoms with van der Waals surface area (Å²) in [7, 11) is 0. The van der Waals surface area contributed by atoms with Gasteiger partial charge >= 0.3 is 0 Å². The highest BCUT2D eigenvalue weighted by Crippen LogP contribution is 2.31. The molecule has 146 valence electrons. The van der Waals surface area contributed by atoms with Crippen LogP contribution in [0.2, 0.25) is 5.02 Å². The average molecular weight is 461 g/mol. The van der Waals surface area contributed by atoms with Gasteiger partial charge in [0, 0.05) is 21.6 Å². The van der Waals surface area contributed by atoms with Gasteiger partial charge in [0.05, 0.1) is 18.8 Å². The second kappa shape index (κ2) is 9.97. The Morgan fingerprint density at radius 2 is 1.54 bits per heavy atom. The minimum absolute atomic E-state index is 0.0736. The van der Waals surface area contributed by atoms with Crippen molar-refractivity contribution in [1.82, 2.24) is 0 Å². The van der Waals surface area contributed by atoms with Crippen molar-refractivity contribution in [3.05, 3.63) is 93.4 Å². The third-order valence-corrected chi connectivity index (χ3v) is 5.27. The largest absolute Gasteiger partial charge is 0.494 e. The molecule has 0 fully saturated rings. The van der Waals surface area contributed by atoms with E-state index >= 15 is 0 Å². The first-order chi connectivity index (χ1) is 13.5. The van der Waals surface area contributed by atoms with Gasteiger partial charge in [-0.25, -0.2) is 0 Å². The molecule has 5 heteroatoms. The first-order valence-electron chi connectivity index (χ1n) is 9.23. The first-order valence-corrected chi connectivity index (χ1v) is 10.4. The van der Waals surface area contributed by atoms with E-state index in [1.807, 2.05) is 79.7 Å². The molecule has 28 heavy (non-hydrogen) atoms. The maximum Gasteiger partial charge on any atom is 0.119 e. The molecule has 0 bridgehead atoms. The van der Waals surface area contributed by atoms with Gasteiger partial charge in [-0.3, -0.25) is 0 Å². The molecule has 0 spiro atoms. The van der Waals surface area contributed by atoms with E-state index in [1.165, 1.54) is 0 Å². The Morgan fingerprint density at radius 1 is 0.929 bits per heavy atom. The number of nitrogens with one attached hydrogen (secondary N) is 1. The molecule has 0 aliphatic rings. The summed E-state index contributed by atoms with van der Waals surface area (Å²) in [5, 5.41) is 15.0. The van der Waals surface area contributed by atoms with Crippen molar-refractivity contribution in [1.29, 1.82) is 0 Å². The summed E-state index contributed by atoms with van der Waals surface area (Å²) in [4.78, 5) is 0. The van der Waals surface area contributed by atoms with E-state index in [0.717, 1.165) is 27.0 Å². The van der Waals surface area contributed by atoms with Gasteiger partial charge < -0.3 is 15.2 Å². The molecule has 0 saturated heterocycles. The lowest BCUT2D eigenvalue weighted by Crippen LogP contribution is -2.15. The summed E-state index contributed by atoms with van der Waals surface area (Å²) in [5.41, 5.74) is 2.91. The summed E-state index contributed by atoms with van der Waals surface area (Å²) in [6.45, 7) is 2.60. The molecule has 0 amide bonds. The van der Waals surface area contributed by atoms with Gasteiger partial charge in [0.1, 0.15) is 5.75 Å². The van der Waals surface area contributed by atoms with Crippen molar-refractivity contribution < 1.29 is 9.84 Å². The smallest absolute Gasteiger partial charge is 0.119 e. The van der Waals surface area contributed by atoms with Crippen LogP contribution in [0.5, 0.6) is 5.75 Å². The molecule has 2 atom stereocenters. The molecule has 3 rings (SSSR count). The summed E-state index contributed by atoms with van der Waals surface area (Å²) >= 11 is 9.44. The number of hydrogen-bond donors (Lipinski definition) is 2. The maximum absolute atomic E-state index is 10.8. The highest BCUT2D eigenvalue weighted by molar-refractivity contribution is 9.10. The molecule has 0 heterocycles. The molecule has 2 unspecified atom stereocenters. The lowest BCUT2D eigenvalue weighted by atomic mass is 9.96. The van der Waals surface area contributed by atoms with Crippen LogP contribution >= 0.6 is 27.5 Å². The predicted molar refractivity (Wildman–Crippen MR) is 119 cm³/mol. The van der Waals surface area contributed by atoms with Crippen LogP contribution in [0.25, 0.3) is 0 Å². The lowest BCUT2D eigenvalue weighted by molar-refractivity contribution is 0.160. The highest BCUT2D eigenvalue weighted by Gasteiger charge is 2.18. The fourth-order valence-corrected chi connectivity index (χ4v) is 3.42. The topological polar surface area (TPSA) is 41.5 Å². The molecule has 0 aliphatic heterocycles. The van der Waals surface area contributed by atoms with Crippen LogP contribution < -0.4 is 10.1 Å². The van der Waals surface area contributed by atoms with Crippen molar-refractivity contribution in [3.8, 4) is 5.75 Å². The second-order valence-corrected chi connectivity index (χ2v) is 7.86. The SMILES string of the molecule is CCOc1ccc(C(CC(O)c2ccc(Br)cc2)Nc2ccc(Cl)cc2)cc1. The van der Waals surface area contributed by atoms with Crippen LogP contribution in [-0.4, -0.2) is 11.7 Å². The molecule has 3 aromatic rings. The highest BCUT2D eigenvalue weighted by atomic mass is 79.9. The van der Waals surface area contributed by atoms with Crippen molar-refractivity contribution >= 4 is 33.2 Å². The normalized spacial score (nSPS) is 13.0. The maximum atomic E-state index is 10.8. The van der Waals surface area contributed by atoms with Gasteiger partial charge in [0.15, 0.2) is 0 Å². The number of hydrogen-bond acceptors (Lipinski definition) is 3. The van der Waals surface area contributed by atoms with E-state index in [0.29, 0.717) is 18.1 Å². The van der Waals surface area contributed by atoms with Crippen molar-refractivity contribution in [2.45, 2.75) is 25.5 Å². The molecule has 0 saturated carbocycles. The van der Waals surface area contributed by atoms with Gasteiger partial charge in [0.2, 0.25) is 0 Å². The standard InChI is InChI=1S/C23H23BrClNO2/c1-2-28-21-13-5-16(6-14-21)22(26-20-11-9-19(25)10-12-20)15-23(27)17-3-7-18(24)8-4-17/h3-14,22-23,26-27H,2,15H2,1H3. The average Bonchev–Trinajstić information content (AvgIpc) is 2.70. The summed E-state index contributed by atoms with van der Waals surface area (Å²) in [6, 6.07) is 23.3. The predicted octanol–water partition coefficient (Wildman–Crippen LogP) is 6.78. The molecule has 0 radical (unpaired) electrons. The zero-order chi connectivity index (χ0) is 19.9. The number of benzene rings is 3. The van der Waals surface area contributed by atoms with Gasteiger partial charge in [-0.1, -0.05) is 51.8 Å². The van der Waals surface area contributed by atoms with Gasteiger partial charge in [-0.05, 0) is 66.6 Å². The third kappa shape index (κ3) is 5.74. The van der Waals surface area contributed by atoms with Gasteiger partial charge in [-0.2, -0.15) is 0 Å². The van der Waals surface area contributed by atoms with E-state index in [-0.39, 0.29) is 6.04 Å². The minimum atomic E-state index is -0.593. The zero-order valence-electron chi connectivity index (χ0n) is 15.6. The minimum Gasteiger partial charge on any atom is -0.494 e. The van der Waals surface area contributed by atoms with Crippen molar-refractivity contribution in [3.63, 3.8) is 0 Å². The number of aliphatic hydroxyl groups is 1. The van der Waals surface area contributed by atoms with Crippen LogP contribution in [0, 0.1) is 0 Å². The zero-order valence-corrected chi connectivity index (χ0v) is 18.0. The third-order valence-electron chi connectivity index (χ3n) is 4.49. The number of halogens is 2. The van der Waals surface area contributed by atoms with E-state index in [4.69, 9.17) is 16.3 Å². The summed E-state index contributed by atoms with van der Waals surface area (Å²) in [5.74, 6) is 0.838. The van der Waals surface area contributed by atoms with Gasteiger partial charge in [-0.15, -0.1) is 0 Å². The number of ether oxygens (including phenoxy) is 1. The molecular formula is C23H23BrClNO2. The monoisotopic (exact) mass is 459 g/mol. The Kier molecular flexibility index (Phi) is 7.37. The van der Waals surface area contributed by atoms with E-state index < -0.39 is 6.10 Å². The quantitative estimate of drug-likeness (QED) is 0.389. The summed E-state index contributed by atoms with van der Waals surface area (Å²) in [6.07, 6.45) is -0.0671. The Morgan fingerprint density at radius 3 is 2.14 bits per heavy atom. The lowest BCUT2D eigenvalue weighted by Gasteiger charge is -2.24. The number of rotatable bonds is 8. The first kappa shape index (κ1) is 20.7. The fourth-order valence-electron chi connectivity index (χ4n) is 3.03. The van der Waals surface area contributed by atoms with Crippen LogP contribution in [0.4, 0.5) is 5.69 Å². The second-order valence-electron chi connectivity index (χ2n) is 6.51. The Labute approximate surface area is 179 Å². The van der Waals surface area contributed by atoms with Crippen molar-refractivity contribution in [2.24, 2.45) is 0 Å². The van der Waals surface area contributed by atoms with Crippen molar-refractivity contribution in [2.75, 3.05) is 11.9 Å². The molecular weight excluding hydrogens is 438 g/mol. The summed E-state index contributed by atoms with van der Waals surface area (Å²) < 4.78 is 6.54. The van der Waals surface area contributed by atoms with Gasteiger partial charge in [0.25, 0.3) is 0 Å². The van der Waals surface area contributed by atoms with Crippen LogP contribution in [0.3, 0.4) is 0 Å². The Balaban J connectivity index is 1.82. The Bertz CT molecular complexity index is 867. The molecule has 3 aromatic carbocycles. The molecule has 2 N–H and O–H groups in total. The van der Waals surface area contributed by atoms with Crippen LogP contribution in [-0.2, 0) is 0 Å². The van der Waals surface area contributed by atoms with Crippen LogP contribution in [0.1, 0.15) is 36.6 Å². The fraction of sp³-hybridized carbons (Fsp3) is 0.217. The van der Waals surface area contributed by atoms with E-state index in [1.54, 1.807) is 0 Å². The molecule has 3 nitrogen and oxygen atoms in total. The Hall–Kier alpha value is -2.01. The molecule has 0 aromatic heterocycles. The van der Waals surface area contributed by atoms with E-state index in [9.17, 15) is 5.11 Å².